The van der Waals surface area contributed by atoms with Gasteiger partial charge in [-0.3, -0.25) is 5.10 Å². The van der Waals surface area contributed by atoms with Gasteiger partial charge >= 0.3 is 5.97 Å². The number of hydrogen-bond acceptors (Lipinski definition) is 6. The lowest BCUT2D eigenvalue weighted by Gasteiger charge is -2.15. The van der Waals surface area contributed by atoms with Crippen LogP contribution in [0, 0.1) is 6.92 Å². The first kappa shape index (κ1) is 13.9. The number of nitrogen functional groups attached to an aromatic ring is 1. The minimum atomic E-state index is -0.457. The molecule has 0 aliphatic rings. The number of nitrogens with two attached hydrogens (primary N) is 1. The fourth-order valence-electron chi connectivity index (χ4n) is 1.90. The number of benzene rings is 1. The van der Waals surface area contributed by atoms with E-state index >= 15 is 0 Å². The number of anilines is 2. The average Bonchev–Trinajstić information content (AvgIpc) is 2.96. The van der Waals surface area contributed by atoms with E-state index < -0.39 is 5.97 Å². The van der Waals surface area contributed by atoms with Gasteiger partial charge in [0.25, 0.3) is 0 Å². The van der Waals surface area contributed by atoms with Crippen molar-refractivity contribution in [2.45, 2.75) is 19.9 Å². The Morgan fingerprint density at radius 3 is 2.85 bits per heavy atom. The van der Waals surface area contributed by atoms with E-state index in [1.54, 1.807) is 6.07 Å². The largest absolute Gasteiger partial charge is 0.465 e. The van der Waals surface area contributed by atoms with Crippen LogP contribution >= 0.6 is 0 Å². The maximum absolute atomic E-state index is 11.7. The number of aromatic nitrogens is 3. The van der Waals surface area contributed by atoms with Crippen molar-refractivity contribution in [2.75, 3.05) is 18.2 Å². The molecule has 2 aromatic rings. The summed E-state index contributed by atoms with van der Waals surface area (Å²) in [6, 6.07) is 3.46. The minimum Gasteiger partial charge on any atom is -0.465 e. The van der Waals surface area contributed by atoms with Gasteiger partial charge in [0.2, 0.25) is 0 Å². The van der Waals surface area contributed by atoms with E-state index in [2.05, 4.69) is 20.5 Å². The number of methoxy groups -OCH3 is 1. The van der Waals surface area contributed by atoms with Crippen molar-refractivity contribution in [1.82, 2.24) is 15.2 Å². The SMILES string of the molecule is COC(=O)c1cc(NC(C)c2ncn[nH]2)cc(C)c1N. The van der Waals surface area contributed by atoms with Crippen molar-refractivity contribution in [2.24, 2.45) is 0 Å². The van der Waals surface area contributed by atoms with Gasteiger partial charge in [-0.05, 0) is 31.5 Å². The topological polar surface area (TPSA) is 106 Å². The molecule has 4 N–H and O–H groups in total. The smallest absolute Gasteiger partial charge is 0.340 e. The number of aromatic amines is 1. The Hall–Kier alpha value is -2.57. The molecule has 0 amide bonds. The van der Waals surface area contributed by atoms with Crippen LogP contribution in [0.5, 0.6) is 0 Å². The second-order valence-corrected chi connectivity index (χ2v) is 4.48. The summed E-state index contributed by atoms with van der Waals surface area (Å²) in [7, 11) is 1.33. The Kier molecular flexibility index (Phi) is 3.88. The van der Waals surface area contributed by atoms with Crippen molar-refractivity contribution in [3.63, 3.8) is 0 Å². The summed E-state index contributed by atoms with van der Waals surface area (Å²) in [4.78, 5) is 15.8. The molecule has 0 aliphatic heterocycles. The standard InChI is InChI=1S/C13H17N5O2/c1-7-4-9(5-10(11(7)14)13(19)20-3)17-8(2)12-15-6-16-18-12/h4-6,8,17H,14H2,1-3H3,(H,15,16,18). The number of aryl methyl sites for hydroxylation is 1. The van der Waals surface area contributed by atoms with Crippen LogP contribution in [0.3, 0.4) is 0 Å². The van der Waals surface area contributed by atoms with Crippen molar-refractivity contribution in [3.05, 3.63) is 35.4 Å². The lowest BCUT2D eigenvalue weighted by Crippen LogP contribution is -2.12. The van der Waals surface area contributed by atoms with Crippen LogP contribution < -0.4 is 11.1 Å². The molecule has 7 nitrogen and oxygen atoms in total. The molecule has 1 aromatic heterocycles. The molecule has 0 spiro atoms. The van der Waals surface area contributed by atoms with Crippen molar-refractivity contribution in [1.29, 1.82) is 0 Å². The molecule has 1 atom stereocenters. The van der Waals surface area contributed by atoms with Gasteiger partial charge in [0.05, 0.1) is 18.7 Å². The Balaban J connectivity index is 2.29. The zero-order valence-corrected chi connectivity index (χ0v) is 11.6. The molecule has 0 aliphatic carbocycles. The number of carbonyl (C=O) groups is 1. The Bertz CT molecular complexity index is 609. The molecule has 1 heterocycles. The number of esters is 1. The molecule has 1 aromatic carbocycles. The number of nitrogens with one attached hydrogen (secondary N) is 2. The molecule has 0 saturated heterocycles. The number of rotatable bonds is 4. The van der Waals surface area contributed by atoms with Crippen LogP contribution in [-0.4, -0.2) is 28.3 Å². The van der Waals surface area contributed by atoms with E-state index in [0.717, 1.165) is 11.3 Å². The molecule has 0 fully saturated rings. The number of carbonyl (C=O) groups excluding carboxylic acids is 1. The van der Waals surface area contributed by atoms with Crippen LogP contribution in [0.4, 0.5) is 11.4 Å². The summed E-state index contributed by atoms with van der Waals surface area (Å²) in [6.07, 6.45) is 1.45. The van der Waals surface area contributed by atoms with Gasteiger partial charge in [0.1, 0.15) is 12.2 Å². The van der Waals surface area contributed by atoms with Gasteiger partial charge in [-0.15, -0.1) is 0 Å². The number of ether oxygens (including phenoxy) is 1. The first-order chi connectivity index (χ1) is 9.52. The second-order valence-electron chi connectivity index (χ2n) is 4.48. The normalized spacial score (nSPS) is 11.9. The fraction of sp³-hybridized carbons (Fsp3) is 0.308. The van der Waals surface area contributed by atoms with Gasteiger partial charge < -0.3 is 15.8 Å². The minimum absolute atomic E-state index is 0.0778. The van der Waals surface area contributed by atoms with E-state index in [1.807, 2.05) is 19.9 Å². The summed E-state index contributed by atoms with van der Waals surface area (Å²) in [5.41, 5.74) is 8.24. The Labute approximate surface area is 116 Å². The van der Waals surface area contributed by atoms with E-state index in [1.165, 1.54) is 13.4 Å². The zero-order chi connectivity index (χ0) is 14.7. The van der Waals surface area contributed by atoms with E-state index in [-0.39, 0.29) is 6.04 Å². The number of hydrogen-bond donors (Lipinski definition) is 3. The van der Waals surface area contributed by atoms with Crippen LogP contribution in [-0.2, 0) is 4.74 Å². The molecule has 0 bridgehead atoms. The zero-order valence-electron chi connectivity index (χ0n) is 11.6. The molecule has 7 heteroatoms. The summed E-state index contributed by atoms with van der Waals surface area (Å²) in [6.45, 7) is 3.77. The van der Waals surface area contributed by atoms with E-state index in [4.69, 9.17) is 10.5 Å². The third kappa shape index (κ3) is 2.71. The highest BCUT2D eigenvalue weighted by Crippen LogP contribution is 2.25. The molecule has 0 radical (unpaired) electrons. The highest BCUT2D eigenvalue weighted by Gasteiger charge is 2.15. The van der Waals surface area contributed by atoms with Gasteiger partial charge in [0, 0.05) is 11.4 Å². The van der Waals surface area contributed by atoms with Crippen molar-refractivity contribution < 1.29 is 9.53 Å². The highest BCUT2D eigenvalue weighted by molar-refractivity contribution is 5.97. The summed E-state index contributed by atoms with van der Waals surface area (Å²) < 4.78 is 4.73. The second kappa shape index (κ2) is 5.60. The highest BCUT2D eigenvalue weighted by atomic mass is 16.5. The number of H-pyrrole nitrogens is 1. The Morgan fingerprint density at radius 2 is 2.25 bits per heavy atom. The van der Waals surface area contributed by atoms with Crippen molar-refractivity contribution in [3.8, 4) is 0 Å². The number of nitrogens with zero attached hydrogens (tertiary/aromatic N) is 2. The maximum Gasteiger partial charge on any atom is 0.340 e. The third-order valence-electron chi connectivity index (χ3n) is 3.02. The molecular weight excluding hydrogens is 258 g/mol. The van der Waals surface area contributed by atoms with Crippen molar-refractivity contribution >= 4 is 17.3 Å². The lowest BCUT2D eigenvalue weighted by atomic mass is 10.1. The lowest BCUT2D eigenvalue weighted by molar-refractivity contribution is 0.0602. The van der Waals surface area contributed by atoms with Crippen LogP contribution in [0.1, 0.15) is 34.7 Å². The molecule has 0 saturated carbocycles. The molecule has 1 unspecified atom stereocenters. The quantitative estimate of drug-likeness (QED) is 0.578. The average molecular weight is 275 g/mol. The van der Waals surface area contributed by atoms with E-state index in [9.17, 15) is 4.79 Å². The molecule has 106 valence electrons. The summed E-state index contributed by atoms with van der Waals surface area (Å²) in [5, 5.41) is 9.83. The van der Waals surface area contributed by atoms with Gasteiger partial charge in [-0.25, -0.2) is 9.78 Å². The summed E-state index contributed by atoms with van der Waals surface area (Å²) in [5.74, 6) is 0.251. The predicted molar refractivity (Wildman–Crippen MR) is 75.4 cm³/mol. The van der Waals surface area contributed by atoms with Gasteiger partial charge in [-0.2, -0.15) is 5.10 Å². The van der Waals surface area contributed by atoms with Crippen LogP contribution in [0.15, 0.2) is 18.5 Å². The first-order valence-electron chi connectivity index (χ1n) is 6.13. The Morgan fingerprint density at radius 1 is 1.50 bits per heavy atom. The summed E-state index contributed by atoms with van der Waals surface area (Å²) >= 11 is 0. The third-order valence-corrected chi connectivity index (χ3v) is 3.02. The molecule has 2 rings (SSSR count). The molecular formula is C13H17N5O2. The van der Waals surface area contributed by atoms with Crippen LogP contribution in [0.25, 0.3) is 0 Å². The first-order valence-corrected chi connectivity index (χ1v) is 6.13. The maximum atomic E-state index is 11.7. The van der Waals surface area contributed by atoms with Gasteiger partial charge in [0.15, 0.2) is 0 Å². The monoisotopic (exact) mass is 275 g/mol. The molecule has 20 heavy (non-hydrogen) atoms. The predicted octanol–water partition coefficient (Wildman–Crippen LogP) is 1.66. The van der Waals surface area contributed by atoms with Gasteiger partial charge in [-0.1, -0.05) is 0 Å². The van der Waals surface area contributed by atoms with Crippen LogP contribution in [0.2, 0.25) is 0 Å². The fourth-order valence-corrected chi connectivity index (χ4v) is 1.90. The van der Waals surface area contributed by atoms with E-state index in [0.29, 0.717) is 17.1 Å².